The van der Waals surface area contributed by atoms with E-state index in [2.05, 4.69) is 13.8 Å². The highest BCUT2D eigenvalue weighted by atomic mass is 16.3. The van der Waals surface area contributed by atoms with Gasteiger partial charge in [0.1, 0.15) is 6.04 Å². The summed E-state index contributed by atoms with van der Waals surface area (Å²) in [6.07, 6.45) is 2.56. The Hall–Kier alpha value is -0.610. The van der Waals surface area contributed by atoms with Gasteiger partial charge in [-0.05, 0) is 31.6 Å². The smallest absolute Gasteiger partial charge is 0.242 e. The lowest BCUT2D eigenvalue weighted by atomic mass is 9.84. The lowest BCUT2D eigenvalue weighted by molar-refractivity contribution is -0.136. The zero-order valence-corrected chi connectivity index (χ0v) is 11.2. The monoisotopic (exact) mass is 242 g/mol. The van der Waals surface area contributed by atoms with Gasteiger partial charge >= 0.3 is 0 Å². The molecule has 4 heteroatoms. The Bertz CT molecular complexity index is 248. The first-order valence-corrected chi connectivity index (χ1v) is 6.69. The van der Waals surface area contributed by atoms with Gasteiger partial charge in [0.05, 0.1) is 6.10 Å². The number of amides is 1. The maximum absolute atomic E-state index is 11.9. The topological polar surface area (TPSA) is 66.6 Å². The molecule has 1 aliphatic rings. The highest BCUT2D eigenvalue weighted by molar-refractivity contribution is 5.82. The second-order valence-corrected chi connectivity index (χ2v) is 5.31. The van der Waals surface area contributed by atoms with Crippen molar-refractivity contribution >= 4 is 5.91 Å². The van der Waals surface area contributed by atoms with Gasteiger partial charge in [-0.15, -0.1) is 0 Å². The van der Waals surface area contributed by atoms with E-state index >= 15 is 0 Å². The zero-order chi connectivity index (χ0) is 13.0. The SMILES string of the molecule is CC[C@H](C)C1CCN(C(=O)[C@H](N)[C@H](C)O)CC1. The summed E-state index contributed by atoms with van der Waals surface area (Å²) in [4.78, 5) is 13.7. The molecule has 1 fully saturated rings. The molecule has 3 atom stereocenters. The first-order valence-electron chi connectivity index (χ1n) is 6.69. The summed E-state index contributed by atoms with van der Waals surface area (Å²) < 4.78 is 0. The van der Waals surface area contributed by atoms with Crippen molar-refractivity contribution < 1.29 is 9.90 Å². The van der Waals surface area contributed by atoms with Crippen LogP contribution in [0.25, 0.3) is 0 Å². The highest BCUT2D eigenvalue weighted by Gasteiger charge is 2.29. The van der Waals surface area contributed by atoms with Crippen LogP contribution >= 0.6 is 0 Å². The average molecular weight is 242 g/mol. The van der Waals surface area contributed by atoms with Gasteiger partial charge in [0.2, 0.25) is 5.91 Å². The molecule has 0 aromatic carbocycles. The molecule has 17 heavy (non-hydrogen) atoms. The van der Waals surface area contributed by atoms with E-state index in [1.807, 2.05) is 0 Å². The molecule has 3 N–H and O–H groups in total. The molecule has 1 heterocycles. The van der Waals surface area contributed by atoms with Gasteiger partial charge in [0, 0.05) is 13.1 Å². The summed E-state index contributed by atoms with van der Waals surface area (Å²) in [6.45, 7) is 7.63. The minimum absolute atomic E-state index is 0.109. The van der Waals surface area contributed by atoms with E-state index < -0.39 is 12.1 Å². The van der Waals surface area contributed by atoms with Gasteiger partial charge < -0.3 is 15.7 Å². The molecule has 0 radical (unpaired) electrons. The van der Waals surface area contributed by atoms with E-state index in [0.717, 1.165) is 37.8 Å². The number of carbonyl (C=O) groups excluding carboxylic acids is 1. The van der Waals surface area contributed by atoms with Crippen molar-refractivity contribution in [2.75, 3.05) is 13.1 Å². The summed E-state index contributed by atoms with van der Waals surface area (Å²) in [7, 11) is 0. The van der Waals surface area contributed by atoms with Gasteiger partial charge in [-0.25, -0.2) is 0 Å². The highest BCUT2D eigenvalue weighted by Crippen LogP contribution is 2.27. The average Bonchev–Trinajstić information content (AvgIpc) is 2.36. The molecule has 0 bridgehead atoms. The maximum Gasteiger partial charge on any atom is 0.242 e. The number of aliphatic hydroxyl groups excluding tert-OH is 1. The van der Waals surface area contributed by atoms with Gasteiger partial charge in [-0.1, -0.05) is 20.3 Å². The molecule has 0 aromatic rings. The predicted molar refractivity (Wildman–Crippen MR) is 68.4 cm³/mol. The van der Waals surface area contributed by atoms with Crippen LogP contribution in [0.3, 0.4) is 0 Å². The summed E-state index contributed by atoms with van der Waals surface area (Å²) in [5.41, 5.74) is 5.67. The van der Waals surface area contributed by atoms with E-state index in [9.17, 15) is 9.90 Å². The first-order chi connectivity index (χ1) is 7.97. The molecular weight excluding hydrogens is 216 g/mol. The van der Waals surface area contributed by atoms with Crippen LogP contribution in [-0.2, 0) is 4.79 Å². The number of likely N-dealkylation sites (tertiary alicyclic amines) is 1. The van der Waals surface area contributed by atoms with Crippen molar-refractivity contribution in [3.63, 3.8) is 0 Å². The van der Waals surface area contributed by atoms with Crippen LogP contribution in [0.4, 0.5) is 0 Å². The normalized spacial score (nSPS) is 23.2. The quantitative estimate of drug-likeness (QED) is 0.772. The standard InChI is InChI=1S/C13H26N2O2/c1-4-9(2)11-5-7-15(8-6-11)13(17)12(14)10(3)16/h9-12,16H,4-8,14H2,1-3H3/t9-,10-,12+/m0/s1. The van der Waals surface area contributed by atoms with E-state index in [1.165, 1.54) is 6.42 Å². The fraction of sp³-hybridized carbons (Fsp3) is 0.923. The number of hydrogen-bond donors (Lipinski definition) is 2. The van der Waals surface area contributed by atoms with Crippen LogP contribution in [0, 0.1) is 11.8 Å². The van der Waals surface area contributed by atoms with Crippen molar-refractivity contribution in [1.29, 1.82) is 0 Å². The Morgan fingerprint density at radius 3 is 2.35 bits per heavy atom. The zero-order valence-electron chi connectivity index (χ0n) is 11.2. The van der Waals surface area contributed by atoms with Crippen molar-refractivity contribution in [3.8, 4) is 0 Å². The third-order valence-electron chi connectivity index (χ3n) is 4.10. The van der Waals surface area contributed by atoms with Crippen molar-refractivity contribution in [1.82, 2.24) is 4.90 Å². The summed E-state index contributed by atoms with van der Waals surface area (Å²) in [5.74, 6) is 1.35. The molecule has 0 unspecified atom stereocenters. The number of piperidine rings is 1. The number of nitrogens with two attached hydrogens (primary N) is 1. The molecule has 0 aliphatic carbocycles. The van der Waals surface area contributed by atoms with E-state index in [-0.39, 0.29) is 5.91 Å². The van der Waals surface area contributed by atoms with Gasteiger partial charge in [0.25, 0.3) is 0 Å². The number of carbonyl (C=O) groups is 1. The van der Waals surface area contributed by atoms with E-state index in [4.69, 9.17) is 5.73 Å². The Kier molecular flexibility index (Phi) is 5.40. The molecule has 0 spiro atoms. The lowest BCUT2D eigenvalue weighted by Gasteiger charge is -2.36. The molecule has 100 valence electrons. The predicted octanol–water partition coefficient (Wildman–Crippen LogP) is 0.979. The summed E-state index contributed by atoms with van der Waals surface area (Å²) >= 11 is 0. The number of aliphatic hydroxyl groups is 1. The Balaban J connectivity index is 2.44. The van der Waals surface area contributed by atoms with E-state index in [1.54, 1.807) is 11.8 Å². The summed E-state index contributed by atoms with van der Waals surface area (Å²) in [5, 5.41) is 9.33. The van der Waals surface area contributed by atoms with Gasteiger partial charge in [0.15, 0.2) is 0 Å². The Labute approximate surface area is 104 Å². The van der Waals surface area contributed by atoms with Crippen LogP contribution in [0.2, 0.25) is 0 Å². The number of rotatable bonds is 4. The van der Waals surface area contributed by atoms with Crippen molar-refractivity contribution in [3.05, 3.63) is 0 Å². The molecule has 1 aliphatic heterocycles. The third kappa shape index (κ3) is 3.68. The number of hydrogen-bond acceptors (Lipinski definition) is 3. The second kappa shape index (κ2) is 6.36. The fourth-order valence-corrected chi connectivity index (χ4v) is 2.44. The van der Waals surface area contributed by atoms with Crippen LogP contribution in [0.5, 0.6) is 0 Å². The number of nitrogens with zero attached hydrogens (tertiary/aromatic N) is 1. The van der Waals surface area contributed by atoms with E-state index in [0.29, 0.717) is 0 Å². The van der Waals surface area contributed by atoms with Crippen LogP contribution in [-0.4, -0.2) is 41.1 Å². The van der Waals surface area contributed by atoms with Gasteiger partial charge in [-0.3, -0.25) is 4.79 Å². The molecule has 1 rings (SSSR count). The molecule has 0 aromatic heterocycles. The third-order valence-corrected chi connectivity index (χ3v) is 4.10. The Morgan fingerprint density at radius 1 is 1.41 bits per heavy atom. The largest absolute Gasteiger partial charge is 0.391 e. The minimum atomic E-state index is -0.769. The second-order valence-electron chi connectivity index (χ2n) is 5.31. The molecule has 1 saturated heterocycles. The molecular formula is C13H26N2O2. The van der Waals surface area contributed by atoms with Gasteiger partial charge in [-0.2, -0.15) is 0 Å². The first kappa shape index (κ1) is 14.5. The summed E-state index contributed by atoms with van der Waals surface area (Å²) in [6, 6.07) is -0.768. The van der Waals surface area contributed by atoms with Crippen LogP contribution in [0.1, 0.15) is 40.0 Å². The molecule has 1 amide bonds. The van der Waals surface area contributed by atoms with Crippen LogP contribution in [0.15, 0.2) is 0 Å². The maximum atomic E-state index is 11.9. The Morgan fingerprint density at radius 2 is 1.94 bits per heavy atom. The fourth-order valence-electron chi connectivity index (χ4n) is 2.44. The van der Waals surface area contributed by atoms with Crippen LogP contribution < -0.4 is 5.73 Å². The molecule has 0 saturated carbocycles. The van der Waals surface area contributed by atoms with Crippen molar-refractivity contribution in [2.24, 2.45) is 17.6 Å². The molecule has 4 nitrogen and oxygen atoms in total. The lowest BCUT2D eigenvalue weighted by Crippen LogP contribution is -2.51. The minimum Gasteiger partial charge on any atom is -0.391 e. The van der Waals surface area contributed by atoms with Crippen molar-refractivity contribution in [2.45, 2.75) is 52.2 Å².